The van der Waals surface area contributed by atoms with Gasteiger partial charge in [0.15, 0.2) is 0 Å². The Morgan fingerprint density at radius 3 is 2.39 bits per heavy atom. The van der Waals surface area contributed by atoms with Crippen LogP contribution in [-0.4, -0.2) is 47.7 Å². The van der Waals surface area contributed by atoms with Crippen molar-refractivity contribution in [3.8, 4) is 16.9 Å². The summed E-state index contributed by atoms with van der Waals surface area (Å²) in [7, 11) is 3.36. The van der Waals surface area contributed by atoms with Gasteiger partial charge in [-0.2, -0.15) is 0 Å². The van der Waals surface area contributed by atoms with Crippen LogP contribution in [-0.2, 0) is 24.2 Å². The highest BCUT2D eigenvalue weighted by atomic mass is 16.5. The highest BCUT2D eigenvalue weighted by Crippen LogP contribution is 2.41. The van der Waals surface area contributed by atoms with Crippen molar-refractivity contribution in [1.82, 2.24) is 14.5 Å². The molecule has 5 rings (SSSR count). The summed E-state index contributed by atoms with van der Waals surface area (Å²) in [5.74, 6) is 0.811. The van der Waals surface area contributed by atoms with Gasteiger partial charge in [0.2, 0.25) is 0 Å². The monoisotopic (exact) mass is 482 g/mol. The van der Waals surface area contributed by atoms with Crippen LogP contribution in [0.25, 0.3) is 11.1 Å². The van der Waals surface area contributed by atoms with Gasteiger partial charge in [-0.15, -0.1) is 0 Å². The van der Waals surface area contributed by atoms with Crippen LogP contribution in [0.1, 0.15) is 21.7 Å². The third-order valence-electron chi connectivity index (χ3n) is 6.54. The second kappa shape index (κ2) is 10.7. The number of carbonyl (C=O) groups is 1. The number of rotatable bonds is 9. The molecule has 2 aromatic carbocycles. The third-order valence-corrected chi connectivity index (χ3v) is 6.54. The van der Waals surface area contributed by atoms with Crippen molar-refractivity contribution in [1.29, 1.82) is 0 Å². The van der Waals surface area contributed by atoms with Crippen molar-refractivity contribution in [2.45, 2.75) is 19.5 Å². The first-order valence-corrected chi connectivity index (χ1v) is 12.1. The summed E-state index contributed by atoms with van der Waals surface area (Å²) in [5, 5.41) is 3.58. The fourth-order valence-corrected chi connectivity index (χ4v) is 4.79. The Balaban J connectivity index is 1.60. The molecule has 0 saturated heterocycles. The number of para-hydroxylation sites is 1. The highest BCUT2D eigenvalue weighted by Gasteiger charge is 2.34. The number of hydrogen-bond acceptors (Lipinski definition) is 5. The molecule has 0 saturated carbocycles. The van der Waals surface area contributed by atoms with Gasteiger partial charge in [0.1, 0.15) is 11.4 Å². The molecule has 1 aliphatic rings. The molecule has 1 aliphatic heterocycles. The summed E-state index contributed by atoms with van der Waals surface area (Å²) in [5.41, 5.74) is 6.63. The maximum atomic E-state index is 14.0. The van der Waals surface area contributed by atoms with Crippen molar-refractivity contribution >= 4 is 17.3 Å². The average Bonchev–Trinajstić information content (AvgIpc) is 3.23. The molecule has 4 aromatic rings. The zero-order chi connectivity index (χ0) is 24.9. The molecule has 7 nitrogen and oxygen atoms in total. The standard InChI is InChI=1S/C29H30N4O3/c1-35-19-14-25-26(22-12-15-30-16-13-22)27(31-23-6-4-3-5-7-23)28-29(34)32(17-18-33(25)28)20-21-8-10-24(36-2)11-9-21/h3-13,15-16,31H,14,17-20H2,1-2H3. The second-order valence-electron chi connectivity index (χ2n) is 8.74. The largest absolute Gasteiger partial charge is 0.497 e. The van der Waals surface area contributed by atoms with E-state index in [9.17, 15) is 4.79 Å². The van der Waals surface area contributed by atoms with E-state index in [1.807, 2.05) is 71.6 Å². The number of fused-ring (bicyclic) bond motifs is 1. The summed E-state index contributed by atoms with van der Waals surface area (Å²) < 4.78 is 12.9. The lowest BCUT2D eigenvalue weighted by Crippen LogP contribution is -2.40. The number of ether oxygens (including phenoxy) is 2. The maximum absolute atomic E-state index is 14.0. The van der Waals surface area contributed by atoms with Crippen LogP contribution >= 0.6 is 0 Å². The van der Waals surface area contributed by atoms with Gasteiger partial charge in [0.05, 0.1) is 19.4 Å². The van der Waals surface area contributed by atoms with Crippen LogP contribution in [0.2, 0.25) is 0 Å². The Morgan fingerprint density at radius 2 is 1.69 bits per heavy atom. The molecular formula is C29H30N4O3. The van der Waals surface area contributed by atoms with Gasteiger partial charge in [-0.3, -0.25) is 9.78 Å². The Morgan fingerprint density at radius 1 is 0.944 bits per heavy atom. The lowest BCUT2D eigenvalue weighted by atomic mass is 10.0. The van der Waals surface area contributed by atoms with E-state index in [1.54, 1.807) is 26.6 Å². The summed E-state index contributed by atoms with van der Waals surface area (Å²) in [4.78, 5) is 20.2. The molecule has 1 amide bonds. The minimum atomic E-state index is 0.00877. The molecule has 0 spiro atoms. The van der Waals surface area contributed by atoms with E-state index in [0.29, 0.717) is 38.4 Å². The van der Waals surface area contributed by atoms with Crippen LogP contribution in [0.3, 0.4) is 0 Å². The maximum Gasteiger partial charge on any atom is 0.273 e. The van der Waals surface area contributed by atoms with Crippen molar-refractivity contribution in [2.75, 3.05) is 32.7 Å². The lowest BCUT2D eigenvalue weighted by molar-refractivity contribution is 0.0690. The van der Waals surface area contributed by atoms with Gasteiger partial charge < -0.3 is 24.3 Å². The molecule has 0 fully saturated rings. The molecule has 0 aliphatic carbocycles. The summed E-state index contributed by atoms with van der Waals surface area (Å²) in [6.07, 6.45) is 4.27. The lowest BCUT2D eigenvalue weighted by Gasteiger charge is -2.30. The highest BCUT2D eigenvalue weighted by molar-refractivity contribution is 6.05. The van der Waals surface area contributed by atoms with Crippen molar-refractivity contribution in [2.24, 2.45) is 0 Å². The molecule has 7 heteroatoms. The van der Waals surface area contributed by atoms with Crippen molar-refractivity contribution in [3.05, 3.63) is 96.1 Å². The number of carbonyl (C=O) groups excluding carboxylic acids is 1. The molecule has 1 N–H and O–H groups in total. The number of methoxy groups -OCH3 is 2. The van der Waals surface area contributed by atoms with Crippen LogP contribution in [0.5, 0.6) is 5.75 Å². The van der Waals surface area contributed by atoms with E-state index in [-0.39, 0.29) is 5.91 Å². The molecule has 0 radical (unpaired) electrons. The first-order valence-electron chi connectivity index (χ1n) is 12.1. The smallest absolute Gasteiger partial charge is 0.273 e. The molecule has 184 valence electrons. The van der Waals surface area contributed by atoms with Gasteiger partial charge in [-0.25, -0.2) is 0 Å². The predicted octanol–water partition coefficient (Wildman–Crippen LogP) is 5.15. The molecule has 0 atom stereocenters. The number of pyridine rings is 1. The average molecular weight is 483 g/mol. The molecule has 3 heterocycles. The molecule has 0 unspecified atom stereocenters. The zero-order valence-corrected chi connectivity index (χ0v) is 20.6. The number of nitrogens with one attached hydrogen (secondary N) is 1. The number of benzene rings is 2. The van der Waals surface area contributed by atoms with Crippen LogP contribution < -0.4 is 10.1 Å². The molecule has 36 heavy (non-hydrogen) atoms. The fourth-order valence-electron chi connectivity index (χ4n) is 4.79. The normalized spacial score (nSPS) is 12.9. The quantitative estimate of drug-likeness (QED) is 0.357. The van der Waals surface area contributed by atoms with Crippen molar-refractivity contribution in [3.63, 3.8) is 0 Å². The van der Waals surface area contributed by atoms with Crippen LogP contribution in [0, 0.1) is 0 Å². The van der Waals surface area contributed by atoms with E-state index in [2.05, 4.69) is 14.9 Å². The van der Waals surface area contributed by atoms with Crippen LogP contribution in [0.15, 0.2) is 79.1 Å². The minimum absolute atomic E-state index is 0.00877. The van der Waals surface area contributed by atoms with Gasteiger partial charge in [0.25, 0.3) is 5.91 Å². The van der Waals surface area contributed by atoms with Gasteiger partial charge in [0, 0.05) is 62.5 Å². The number of aromatic nitrogens is 2. The predicted molar refractivity (Wildman–Crippen MR) is 141 cm³/mol. The second-order valence-corrected chi connectivity index (χ2v) is 8.74. The van der Waals surface area contributed by atoms with Gasteiger partial charge >= 0.3 is 0 Å². The third kappa shape index (κ3) is 4.70. The van der Waals surface area contributed by atoms with E-state index >= 15 is 0 Å². The van der Waals surface area contributed by atoms with E-state index in [1.165, 1.54) is 0 Å². The summed E-state index contributed by atoms with van der Waals surface area (Å²) in [6, 6.07) is 21.8. The zero-order valence-electron chi connectivity index (χ0n) is 20.6. The first kappa shape index (κ1) is 23.6. The fraction of sp³-hybridized carbons (Fsp3) is 0.241. The molecular weight excluding hydrogens is 452 g/mol. The van der Waals surface area contributed by atoms with Gasteiger partial charge in [-0.1, -0.05) is 30.3 Å². The SMILES string of the molecule is COCCc1c(-c2ccncc2)c(Nc2ccccc2)c2n1CCN(Cc1ccc(OC)cc1)C2=O. The van der Waals surface area contributed by atoms with Crippen LogP contribution in [0.4, 0.5) is 11.4 Å². The Kier molecular flexibility index (Phi) is 7.00. The number of nitrogens with zero attached hydrogens (tertiary/aromatic N) is 3. The Labute approximate surface area is 211 Å². The Hall–Kier alpha value is -4.10. The topological polar surface area (TPSA) is 68.6 Å². The summed E-state index contributed by atoms with van der Waals surface area (Å²) >= 11 is 0. The van der Waals surface area contributed by atoms with E-state index < -0.39 is 0 Å². The minimum Gasteiger partial charge on any atom is -0.497 e. The molecule has 2 aromatic heterocycles. The Bertz CT molecular complexity index is 1320. The first-order chi connectivity index (χ1) is 17.7. The number of hydrogen-bond donors (Lipinski definition) is 1. The summed E-state index contributed by atoms with van der Waals surface area (Å²) in [6.45, 7) is 2.45. The number of amides is 1. The van der Waals surface area contributed by atoms with Gasteiger partial charge in [-0.05, 0) is 47.5 Å². The van der Waals surface area contributed by atoms with E-state index in [0.717, 1.165) is 39.5 Å². The van der Waals surface area contributed by atoms with E-state index in [4.69, 9.17) is 9.47 Å². The van der Waals surface area contributed by atoms with Crippen molar-refractivity contribution < 1.29 is 14.3 Å². The molecule has 0 bridgehead atoms. The number of anilines is 2.